The third-order valence-electron chi connectivity index (χ3n) is 2.20. The van der Waals surface area contributed by atoms with Crippen molar-refractivity contribution in [2.24, 2.45) is 10.7 Å². The van der Waals surface area contributed by atoms with Gasteiger partial charge in [-0.15, -0.1) is 0 Å². The topological polar surface area (TPSA) is 86.5 Å². The van der Waals surface area contributed by atoms with Gasteiger partial charge in [-0.3, -0.25) is 4.99 Å². The van der Waals surface area contributed by atoms with Crippen molar-refractivity contribution in [1.82, 2.24) is 21.3 Å². The molecule has 17 heavy (non-hydrogen) atoms. The predicted octanol–water partition coefficient (Wildman–Crippen LogP) is -2.00. The second-order valence-corrected chi connectivity index (χ2v) is 3.74. The Morgan fingerprint density at radius 1 is 0.706 bits per heavy atom. The summed E-state index contributed by atoms with van der Waals surface area (Å²) >= 11 is 0. The summed E-state index contributed by atoms with van der Waals surface area (Å²) in [5.74, 6) is 0. The lowest BCUT2D eigenvalue weighted by molar-refractivity contribution is 0.569. The largest absolute Gasteiger partial charge is 0.329 e. The Labute approximate surface area is 105 Å². The Morgan fingerprint density at radius 3 is 1.53 bits per heavy atom. The van der Waals surface area contributed by atoms with E-state index < -0.39 is 0 Å². The Balaban J connectivity index is 2.87. The number of rotatable bonds is 14. The van der Waals surface area contributed by atoms with Gasteiger partial charge in [0.2, 0.25) is 0 Å². The molecular formula is C11H28N6. The summed E-state index contributed by atoms with van der Waals surface area (Å²) < 4.78 is 0. The fraction of sp³-hybridized carbons (Fsp3) is 0.909. The van der Waals surface area contributed by atoms with Crippen LogP contribution in [0.3, 0.4) is 0 Å². The number of nitrogens with one attached hydrogen (secondary N) is 4. The minimum atomic E-state index is 0.704. The summed E-state index contributed by atoms with van der Waals surface area (Å²) in [6, 6.07) is 0. The molecule has 0 amide bonds. The minimum Gasteiger partial charge on any atom is -0.329 e. The third-order valence-corrected chi connectivity index (χ3v) is 2.20. The third kappa shape index (κ3) is 15.5. The van der Waals surface area contributed by atoms with Gasteiger partial charge in [-0.25, -0.2) is 0 Å². The van der Waals surface area contributed by atoms with Crippen molar-refractivity contribution in [3.05, 3.63) is 0 Å². The molecule has 0 aromatic carbocycles. The first-order valence-corrected chi connectivity index (χ1v) is 6.37. The SMILES string of the molecule is C=NCCNCCNCCNCCNCCN. The molecule has 0 aromatic heterocycles. The van der Waals surface area contributed by atoms with E-state index in [0.717, 1.165) is 58.9 Å². The maximum atomic E-state index is 5.36. The molecule has 0 aromatic rings. The van der Waals surface area contributed by atoms with Gasteiger partial charge in [0.25, 0.3) is 0 Å². The molecule has 6 heteroatoms. The Kier molecular flexibility index (Phi) is 15.0. The molecule has 0 saturated heterocycles. The van der Waals surface area contributed by atoms with Gasteiger partial charge >= 0.3 is 0 Å². The van der Waals surface area contributed by atoms with Crippen molar-refractivity contribution in [3.8, 4) is 0 Å². The summed E-state index contributed by atoms with van der Waals surface area (Å²) in [4.78, 5) is 3.77. The van der Waals surface area contributed by atoms with E-state index in [9.17, 15) is 0 Å². The van der Waals surface area contributed by atoms with Crippen LogP contribution in [0.25, 0.3) is 0 Å². The van der Waals surface area contributed by atoms with Crippen molar-refractivity contribution in [2.75, 3.05) is 65.4 Å². The van der Waals surface area contributed by atoms with Crippen LogP contribution < -0.4 is 27.0 Å². The number of hydrogen-bond acceptors (Lipinski definition) is 6. The first-order chi connectivity index (χ1) is 8.41. The molecule has 0 aliphatic rings. The van der Waals surface area contributed by atoms with E-state index in [1.807, 2.05) is 0 Å². The molecule has 0 aliphatic heterocycles. The van der Waals surface area contributed by atoms with Gasteiger partial charge in [0.1, 0.15) is 0 Å². The molecule has 0 heterocycles. The number of aliphatic imine (C=N–C) groups is 1. The Morgan fingerprint density at radius 2 is 1.12 bits per heavy atom. The van der Waals surface area contributed by atoms with Gasteiger partial charge in [0.15, 0.2) is 0 Å². The lowest BCUT2D eigenvalue weighted by Crippen LogP contribution is -2.36. The lowest BCUT2D eigenvalue weighted by atomic mass is 10.5. The molecule has 0 atom stereocenters. The monoisotopic (exact) mass is 244 g/mol. The molecule has 0 rings (SSSR count). The zero-order chi connectivity index (χ0) is 12.6. The van der Waals surface area contributed by atoms with E-state index in [1.54, 1.807) is 0 Å². The quantitative estimate of drug-likeness (QED) is 0.180. The van der Waals surface area contributed by atoms with E-state index in [2.05, 4.69) is 33.0 Å². The Bertz CT molecular complexity index is 153. The molecular weight excluding hydrogens is 216 g/mol. The van der Waals surface area contributed by atoms with Crippen LogP contribution in [0.2, 0.25) is 0 Å². The maximum absolute atomic E-state index is 5.36. The molecule has 0 unspecified atom stereocenters. The number of hydrogen-bond donors (Lipinski definition) is 5. The average Bonchev–Trinajstić information content (AvgIpc) is 2.35. The van der Waals surface area contributed by atoms with Crippen LogP contribution in [0.5, 0.6) is 0 Å². The van der Waals surface area contributed by atoms with E-state index in [-0.39, 0.29) is 0 Å². The second-order valence-electron chi connectivity index (χ2n) is 3.74. The molecule has 6 N–H and O–H groups in total. The van der Waals surface area contributed by atoms with E-state index >= 15 is 0 Å². The minimum absolute atomic E-state index is 0.704. The van der Waals surface area contributed by atoms with Crippen LogP contribution in [0.15, 0.2) is 4.99 Å². The first kappa shape index (κ1) is 16.5. The summed E-state index contributed by atoms with van der Waals surface area (Å²) in [5.41, 5.74) is 5.36. The number of nitrogens with two attached hydrogens (primary N) is 1. The number of nitrogens with zero attached hydrogens (tertiary/aromatic N) is 1. The van der Waals surface area contributed by atoms with Gasteiger partial charge < -0.3 is 27.0 Å². The highest BCUT2D eigenvalue weighted by Crippen LogP contribution is 1.65. The van der Waals surface area contributed by atoms with E-state index in [0.29, 0.717) is 6.54 Å². The van der Waals surface area contributed by atoms with Crippen LogP contribution in [-0.4, -0.2) is 72.2 Å². The van der Waals surface area contributed by atoms with Gasteiger partial charge in [-0.1, -0.05) is 0 Å². The first-order valence-electron chi connectivity index (χ1n) is 6.37. The molecule has 0 saturated carbocycles. The lowest BCUT2D eigenvalue weighted by Gasteiger charge is -2.07. The van der Waals surface area contributed by atoms with Crippen molar-refractivity contribution in [2.45, 2.75) is 0 Å². The molecule has 0 radical (unpaired) electrons. The van der Waals surface area contributed by atoms with Crippen LogP contribution >= 0.6 is 0 Å². The van der Waals surface area contributed by atoms with Gasteiger partial charge in [-0.2, -0.15) is 0 Å². The van der Waals surface area contributed by atoms with Gasteiger partial charge in [0, 0.05) is 58.9 Å². The molecule has 0 spiro atoms. The second kappa shape index (κ2) is 15.5. The van der Waals surface area contributed by atoms with E-state index in [1.165, 1.54) is 0 Å². The van der Waals surface area contributed by atoms with Crippen LogP contribution in [-0.2, 0) is 0 Å². The summed E-state index contributed by atoms with van der Waals surface area (Å²) in [6.07, 6.45) is 0. The van der Waals surface area contributed by atoms with Gasteiger partial charge in [0.05, 0.1) is 6.54 Å². The van der Waals surface area contributed by atoms with Crippen LogP contribution in [0.4, 0.5) is 0 Å². The predicted molar refractivity (Wildman–Crippen MR) is 74.9 cm³/mol. The van der Waals surface area contributed by atoms with E-state index in [4.69, 9.17) is 5.73 Å². The van der Waals surface area contributed by atoms with Crippen LogP contribution in [0, 0.1) is 0 Å². The van der Waals surface area contributed by atoms with Gasteiger partial charge in [-0.05, 0) is 6.72 Å². The highest BCUT2D eigenvalue weighted by Gasteiger charge is 1.89. The molecule has 0 aliphatic carbocycles. The highest BCUT2D eigenvalue weighted by atomic mass is 15.0. The zero-order valence-electron chi connectivity index (χ0n) is 10.8. The molecule has 6 nitrogen and oxygen atoms in total. The summed E-state index contributed by atoms with van der Waals surface area (Å²) in [6.45, 7) is 12.7. The Hall–Kier alpha value is -0.530. The van der Waals surface area contributed by atoms with Crippen LogP contribution in [0.1, 0.15) is 0 Å². The average molecular weight is 244 g/mol. The molecule has 0 fully saturated rings. The summed E-state index contributed by atoms with van der Waals surface area (Å²) in [5, 5.41) is 13.2. The van der Waals surface area contributed by atoms with Crippen molar-refractivity contribution < 1.29 is 0 Å². The standard InChI is InChI=1S/C11H28N6/c1-13-4-5-15-8-9-17-11-10-16-7-6-14-3-2-12/h14-17H,1-12H2. The fourth-order valence-electron chi connectivity index (χ4n) is 1.29. The molecule has 102 valence electrons. The van der Waals surface area contributed by atoms with Crippen molar-refractivity contribution in [3.63, 3.8) is 0 Å². The zero-order valence-corrected chi connectivity index (χ0v) is 10.8. The molecule has 0 bridgehead atoms. The fourth-order valence-corrected chi connectivity index (χ4v) is 1.29. The summed E-state index contributed by atoms with van der Waals surface area (Å²) in [7, 11) is 0. The normalized spacial score (nSPS) is 10.6. The van der Waals surface area contributed by atoms with Crippen molar-refractivity contribution in [1.29, 1.82) is 0 Å². The highest BCUT2D eigenvalue weighted by molar-refractivity contribution is 5.23. The smallest absolute Gasteiger partial charge is 0.0507 e. The van der Waals surface area contributed by atoms with Crippen molar-refractivity contribution >= 4 is 6.72 Å². The maximum Gasteiger partial charge on any atom is 0.0507 e.